The summed E-state index contributed by atoms with van der Waals surface area (Å²) in [6.45, 7) is 4.44. The van der Waals surface area contributed by atoms with Gasteiger partial charge in [0.15, 0.2) is 5.69 Å². The predicted octanol–water partition coefficient (Wildman–Crippen LogP) is 3.15. The zero-order valence-corrected chi connectivity index (χ0v) is 19.9. The first-order valence-electron chi connectivity index (χ1n) is 12.2. The average Bonchev–Trinajstić information content (AvgIpc) is 2.83. The molecule has 0 aliphatic carbocycles. The van der Waals surface area contributed by atoms with Gasteiger partial charge in [-0.2, -0.15) is 0 Å². The van der Waals surface area contributed by atoms with Crippen molar-refractivity contribution in [3.8, 4) is 0 Å². The van der Waals surface area contributed by atoms with Gasteiger partial charge in [-0.15, -0.1) is 0 Å². The number of carbonyl (C=O) groups excluding carboxylic acids is 2. The number of rotatable bonds is 4. The highest BCUT2D eigenvalue weighted by atomic mass is 16.2. The highest BCUT2D eigenvalue weighted by molar-refractivity contribution is 6.09. The van der Waals surface area contributed by atoms with E-state index in [1.165, 1.54) is 0 Å². The van der Waals surface area contributed by atoms with E-state index in [-0.39, 0.29) is 23.3 Å². The Labute approximate surface area is 204 Å². The molecule has 4 heterocycles. The lowest BCUT2D eigenvalue weighted by Gasteiger charge is -2.37. The highest BCUT2D eigenvalue weighted by Crippen LogP contribution is 2.31. The molecule has 1 aromatic carbocycles. The zero-order valence-electron chi connectivity index (χ0n) is 19.9. The number of aromatic nitrogens is 2. The smallest absolute Gasteiger partial charge is 0.276 e. The van der Waals surface area contributed by atoms with Crippen molar-refractivity contribution in [3.05, 3.63) is 48.4 Å². The molecule has 2 aromatic heterocycles. The number of pyridine rings is 2. The Morgan fingerprint density at radius 1 is 1.17 bits per heavy atom. The number of piperidine rings is 2. The van der Waals surface area contributed by atoms with Crippen LogP contribution in [0.15, 0.2) is 42.7 Å². The number of benzene rings is 1. The summed E-state index contributed by atoms with van der Waals surface area (Å²) in [4.78, 5) is 38.4. The van der Waals surface area contributed by atoms with Crippen LogP contribution in [0.1, 0.15) is 43.1 Å². The minimum atomic E-state index is -0.410. The van der Waals surface area contributed by atoms with Crippen molar-refractivity contribution in [2.24, 2.45) is 11.7 Å². The molecule has 0 bridgehead atoms. The highest BCUT2D eigenvalue weighted by Gasteiger charge is 2.25. The average molecular weight is 474 g/mol. The summed E-state index contributed by atoms with van der Waals surface area (Å²) in [5.74, 6) is 0.154. The first kappa shape index (κ1) is 23.0. The van der Waals surface area contributed by atoms with Gasteiger partial charge < -0.3 is 26.6 Å². The van der Waals surface area contributed by atoms with Gasteiger partial charge >= 0.3 is 0 Å². The van der Waals surface area contributed by atoms with E-state index in [4.69, 9.17) is 11.5 Å². The molecule has 2 aliphatic rings. The van der Waals surface area contributed by atoms with Crippen LogP contribution in [0.2, 0.25) is 0 Å². The molecule has 0 radical (unpaired) electrons. The van der Waals surface area contributed by atoms with Crippen molar-refractivity contribution in [1.82, 2.24) is 9.97 Å². The summed E-state index contributed by atoms with van der Waals surface area (Å²) in [7, 11) is 0. The molecule has 2 saturated heterocycles. The molecule has 0 saturated carbocycles. The van der Waals surface area contributed by atoms with E-state index in [0.29, 0.717) is 36.6 Å². The topological polar surface area (TPSA) is 130 Å². The van der Waals surface area contributed by atoms with Crippen molar-refractivity contribution in [2.45, 2.75) is 38.6 Å². The Morgan fingerprint density at radius 2 is 2.03 bits per heavy atom. The second-order valence-corrected chi connectivity index (χ2v) is 9.66. The maximum atomic E-state index is 13.3. The van der Waals surface area contributed by atoms with Crippen LogP contribution < -0.4 is 26.6 Å². The lowest BCUT2D eigenvalue weighted by Crippen LogP contribution is -2.46. The largest absolute Gasteiger partial charge is 0.397 e. The quantitative estimate of drug-likeness (QED) is 0.530. The molecule has 0 spiro atoms. The van der Waals surface area contributed by atoms with Crippen LogP contribution in [0.5, 0.6) is 0 Å². The van der Waals surface area contributed by atoms with E-state index in [1.54, 1.807) is 23.4 Å². The van der Waals surface area contributed by atoms with Gasteiger partial charge in [-0.1, -0.05) is 13.0 Å². The van der Waals surface area contributed by atoms with Crippen molar-refractivity contribution < 1.29 is 9.59 Å². The van der Waals surface area contributed by atoms with Crippen LogP contribution in [0.4, 0.5) is 22.7 Å². The van der Waals surface area contributed by atoms with Gasteiger partial charge in [0.05, 0.1) is 28.8 Å². The summed E-state index contributed by atoms with van der Waals surface area (Å²) in [6.07, 6.45) is 6.76. The van der Waals surface area contributed by atoms with E-state index in [2.05, 4.69) is 27.1 Å². The fourth-order valence-electron chi connectivity index (χ4n) is 5.14. The van der Waals surface area contributed by atoms with E-state index >= 15 is 0 Å². The van der Waals surface area contributed by atoms with Gasteiger partial charge in [0.1, 0.15) is 0 Å². The maximum Gasteiger partial charge on any atom is 0.276 e. The van der Waals surface area contributed by atoms with Crippen molar-refractivity contribution in [2.75, 3.05) is 40.5 Å². The minimum absolute atomic E-state index is 0.0780. The lowest BCUT2D eigenvalue weighted by molar-refractivity contribution is -0.119. The Hall–Kier alpha value is -3.72. The summed E-state index contributed by atoms with van der Waals surface area (Å²) in [5.41, 5.74) is 15.8. The van der Waals surface area contributed by atoms with Crippen molar-refractivity contribution in [1.29, 1.82) is 0 Å². The number of nitrogens with two attached hydrogens (primary N) is 2. The fourth-order valence-corrected chi connectivity index (χ4v) is 5.14. The van der Waals surface area contributed by atoms with Gasteiger partial charge in [0.2, 0.25) is 5.91 Å². The van der Waals surface area contributed by atoms with Gasteiger partial charge in [-0.3, -0.25) is 14.6 Å². The number of nitrogen functional groups attached to an aromatic ring is 1. The summed E-state index contributed by atoms with van der Waals surface area (Å²) >= 11 is 0. The standard InChI is InChI=1S/C26H31N7O2/c1-16-10-18(27)15-32(14-16)23-7-8-29-13-22(23)31-26(35)25-20(28)11-17-5-6-19(12-21(17)30-25)33-9-3-2-4-24(33)34/h5-8,11-13,16,18H,2-4,9-10,14-15,27-28H2,1H3,(H,31,35). The monoisotopic (exact) mass is 473 g/mol. The van der Waals surface area contributed by atoms with Gasteiger partial charge in [-0.25, -0.2) is 4.98 Å². The number of carbonyl (C=O) groups is 2. The number of anilines is 4. The first-order valence-corrected chi connectivity index (χ1v) is 12.2. The SMILES string of the molecule is CC1CC(N)CN(c2ccncc2NC(=O)c2nc3cc(N4CCCCC4=O)ccc3cc2N)C1. The maximum absolute atomic E-state index is 13.3. The predicted molar refractivity (Wildman–Crippen MR) is 139 cm³/mol. The number of nitrogens with one attached hydrogen (secondary N) is 1. The third kappa shape index (κ3) is 4.77. The molecule has 182 valence electrons. The van der Waals surface area contributed by atoms with Crippen LogP contribution >= 0.6 is 0 Å². The molecule has 5 N–H and O–H groups in total. The number of hydrogen-bond acceptors (Lipinski definition) is 7. The van der Waals surface area contributed by atoms with Crippen molar-refractivity contribution >= 4 is 45.5 Å². The lowest BCUT2D eigenvalue weighted by atomic mass is 9.96. The van der Waals surface area contributed by atoms with Crippen LogP contribution in [0, 0.1) is 5.92 Å². The first-order chi connectivity index (χ1) is 16.9. The van der Waals surface area contributed by atoms with Gasteiger partial charge in [-0.05, 0) is 49.4 Å². The van der Waals surface area contributed by atoms with E-state index < -0.39 is 5.91 Å². The normalized spacial score (nSPS) is 20.8. The van der Waals surface area contributed by atoms with E-state index in [9.17, 15) is 9.59 Å². The molecular weight excluding hydrogens is 442 g/mol. The second kappa shape index (κ2) is 9.50. The fraction of sp³-hybridized carbons (Fsp3) is 0.385. The van der Waals surface area contributed by atoms with Gasteiger partial charge in [0.25, 0.3) is 5.91 Å². The third-order valence-electron chi connectivity index (χ3n) is 6.76. The molecular formula is C26H31N7O2. The van der Waals surface area contributed by atoms with Crippen LogP contribution in [-0.4, -0.2) is 47.5 Å². The Bertz CT molecular complexity index is 1270. The third-order valence-corrected chi connectivity index (χ3v) is 6.76. The molecule has 9 heteroatoms. The van der Waals surface area contributed by atoms with Crippen LogP contribution in [0.3, 0.4) is 0 Å². The molecule has 2 aliphatic heterocycles. The molecule has 2 fully saturated rings. The molecule has 2 amide bonds. The second-order valence-electron chi connectivity index (χ2n) is 9.66. The summed E-state index contributed by atoms with van der Waals surface area (Å²) < 4.78 is 0. The number of hydrogen-bond donors (Lipinski definition) is 3. The van der Waals surface area contributed by atoms with Crippen molar-refractivity contribution in [3.63, 3.8) is 0 Å². The molecule has 5 rings (SSSR count). The molecule has 2 atom stereocenters. The van der Waals surface area contributed by atoms with Crippen LogP contribution in [-0.2, 0) is 4.79 Å². The Morgan fingerprint density at radius 3 is 2.83 bits per heavy atom. The summed E-state index contributed by atoms with van der Waals surface area (Å²) in [5, 5.41) is 3.76. The summed E-state index contributed by atoms with van der Waals surface area (Å²) in [6, 6.07) is 9.35. The van der Waals surface area contributed by atoms with E-state index in [1.807, 2.05) is 24.3 Å². The van der Waals surface area contributed by atoms with E-state index in [0.717, 1.165) is 42.6 Å². The molecule has 35 heavy (non-hydrogen) atoms. The molecule has 3 aromatic rings. The zero-order chi connectivity index (χ0) is 24.5. The Balaban J connectivity index is 1.43. The Kier molecular flexibility index (Phi) is 6.25. The molecule has 2 unspecified atom stereocenters. The van der Waals surface area contributed by atoms with Crippen LogP contribution in [0.25, 0.3) is 10.9 Å². The number of fused-ring (bicyclic) bond motifs is 1. The molecule has 9 nitrogen and oxygen atoms in total. The number of amides is 2. The number of nitrogens with zero attached hydrogens (tertiary/aromatic N) is 4. The van der Waals surface area contributed by atoms with Gasteiger partial charge in [0, 0.05) is 49.4 Å². The minimum Gasteiger partial charge on any atom is -0.397 e.